The van der Waals surface area contributed by atoms with Gasteiger partial charge in [-0.2, -0.15) is 0 Å². The Balaban J connectivity index is 2.63. The van der Waals surface area contributed by atoms with Crippen LogP contribution in [0.25, 0.3) is 6.08 Å². The second-order valence-corrected chi connectivity index (χ2v) is 6.44. The number of nitrogens with zero attached hydrogens (tertiary/aromatic N) is 1. The molecule has 1 atom stereocenters. The molecule has 150 valence electrons. The van der Waals surface area contributed by atoms with E-state index < -0.39 is 55.8 Å². The van der Waals surface area contributed by atoms with Crippen LogP contribution in [0.15, 0.2) is 28.1 Å². The summed E-state index contributed by atoms with van der Waals surface area (Å²) in [5, 5.41) is 9.93. The minimum atomic E-state index is -2.65. The highest BCUT2D eigenvalue weighted by atomic mass is 32.2. The molecule has 0 amide bonds. The molecule has 0 heterocycles. The van der Waals surface area contributed by atoms with Gasteiger partial charge >= 0.3 is 5.03 Å². The third-order valence-electron chi connectivity index (χ3n) is 3.45. The standard InChI is InChI=1S/C16H10F5NO5S/c1-26-9-4-3-7(5-10(9)27-2)28(25)11(22(23)24)6-8-12(17)14(19)16(21)15(20)13(8)18/h3-6H,1-2H3/b11-6+. The van der Waals surface area contributed by atoms with Crippen molar-refractivity contribution in [3.8, 4) is 11.5 Å². The lowest BCUT2D eigenvalue weighted by Crippen LogP contribution is -2.14. The molecule has 0 N–H and O–H groups in total. The lowest BCUT2D eigenvalue weighted by Gasteiger charge is -2.11. The molecule has 0 aromatic heterocycles. The van der Waals surface area contributed by atoms with Crippen molar-refractivity contribution in [3.05, 3.63) is 68.0 Å². The maximum absolute atomic E-state index is 13.8. The summed E-state index contributed by atoms with van der Waals surface area (Å²) in [4.78, 5) is 9.75. The third kappa shape index (κ3) is 3.87. The molecule has 1 unspecified atom stereocenters. The van der Waals surface area contributed by atoms with E-state index in [1.165, 1.54) is 20.3 Å². The predicted octanol–water partition coefficient (Wildman–Crippen LogP) is 3.78. The average Bonchev–Trinajstić information content (AvgIpc) is 2.69. The van der Waals surface area contributed by atoms with Crippen molar-refractivity contribution >= 4 is 17.3 Å². The van der Waals surface area contributed by atoms with Crippen molar-refractivity contribution < 1.29 is 40.9 Å². The van der Waals surface area contributed by atoms with Crippen LogP contribution in [-0.4, -0.2) is 23.7 Å². The largest absolute Gasteiger partial charge is 0.602 e. The number of rotatable bonds is 6. The predicted molar refractivity (Wildman–Crippen MR) is 87.2 cm³/mol. The number of halogens is 5. The van der Waals surface area contributed by atoms with Crippen molar-refractivity contribution in [3.63, 3.8) is 0 Å². The molecule has 0 aliphatic rings. The molecule has 2 rings (SSSR count). The fourth-order valence-electron chi connectivity index (χ4n) is 2.10. The van der Waals surface area contributed by atoms with Gasteiger partial charge in [-0.25, -0.2) is 22.0 Å². The Kier molecular flexibility index (Phi) is 6.46. The summed E-state index contributed by atoms with van der Waals surface area (Å²) in [7, 11) is 2.55. The molecule has 12 heteroatoms. The van der Waals surface area contributed by atoms with E-state index in [0.29, 0.717) is 0 Å². The molecule has 0 aliphatic carbocycles. The van der Waals surface area contributed by atoms with Gasteiger partial charge in [0.2, 0.25) is 5.82 Å². The zero-order valence-corrected chi connectivity index (χ0v) is 14.9. The van der Waals surface area contributed by atoms with Crippen LogP contribution in [-0.2, 0) is 11.2 Å². The van der Waals surface area contributed by atoms with Gasteiger partial charge in [-0.15, -0.1) is 0 Å². The second kappa shape index (κ2) is 8.44. The average molecular weight is 423 g/mol. The number of methoxy groups -OCH3 is 2. The van der Waals surface area contributed by atoms with E-state index in [0.717, 1.165) is 12.1 Å². The molecular weight excluding hydrogens is 413 g/mol. The third-order valence-corrected chi connectivity index (χ3v) is 4.78. The second-order valence-electron chi connectivity index (χ2n) is 5.01. The Morgan fingerprint density at radius 1 is 0.964 bits per heavy atom. The first-order valence-corrected chi connectivity index (χ1v) is 8.30. The van der Waals surface area contributed by atoms with Crippen LogP contribution >= 0.6 is 0 Å². The Bertz CT molecular complexity index is 940. The fourth-order valence-corrected chi connectivity index (χ4v) is 3.11. The molecular formula is C16H10F5NO5S. The Morgan fingerprint density at radius 3 is 1.93 bits per heavy atom. The van der Waals surface area contributed by atoms with Gasteiger partial charge in [-0.05, 0) is 12.1 Å². The summed E-state index contributed by atoms with van der Waals surface area (Å²) in [6.07, 6.45) is 0.0308. The molecule has 0 saturated carbocycles. The molecule has 2 aromatic carbocycles. The molecule has 0 aliphatic heterocycles. The quantitative estimate of drug-likeness (QED) is 0.176. The smallest absolute Gasteiger partial charge is 0.446 e. The molecule has 6 nitrogen and oxygen atoms in total. The van der Waals surface area contributed by atoms with E-state index in [2.05, 4.69) is 0 Å². The normalized spacial score (nSPS) is 12.6. The van der Waals surface area contributed by atoms with Crippen molar-refractivity contribution in [2.45, 2.75) is 4.90 Å². The first-order chi connectivity index (χ1) is 13.1. The molecule has 0 saturated heterocycles. The first kappa shape index (κ1) is 21.4. The summed E-state index contributed by atoms with van der Waals surface area (Å²) in [5.41, 5.74) is -1.59. The number of benzene rings is 2. The Labute approximate surface area is 157 Å². The van der Waals surface area contributed by atoms with Crippen molar-refractivity contribution in [1.29, 1.82) is 0 Å². The minimum absolute atomic E-state index is 0.0308. The highest BCUT2D eigenvalue weighted by Crippen LogP contribution is 2.33. The van der Waals surface area contributed by atoms with Gasteiger partial charge in [0.1, 0.15) is 4.92 Å². The van der Waals surface area contributed by atoms with Crippen LogP contribution in [0.5, 0.6) is 11.5 Å². The van der Waals surface area contributed by atoms with Crippen molar-refractivity contribution in [1.82, 2.24) is 0 Å². The summed E-state index contributed by atoms with van der Waals surface area (Å²) in [5.74, 6) is -11.3. The lowest BCUT2D eigenvalue weighted by atomic mass is 10.1. The Morgan fingerprint density at radius 2 is 1.46 bits per heavy atom. The Hall–Kier alpha value is -2.86. The van der Waals surface area contributed by atoms with Gasteiger partial charge in [0, 0.05) is 6.07 Å². The van der Waals surface area contributed by atoms with E-state index in [1.54, 1.807) is 0 Å². The van der Waals surface area contributed by atoms with Crippen LogP contribution in [0, 0.1) is 39.2 Å². The topological polar surface area (TPSA) is 84.7 Å². The maximum Gasteiger partial charge on any atom is 0.446 e. The molecule has 0 fully saturated rings. The SMILES string of the molecule is COc1ccc([S+]([O-])/C(=C/c2c(F)c(F)c(F)c(F)c2F)[N+](=O)[O-])cc1OC. The molecule has 28 heavy (non-hydrogen) atoms. The molecule has 0 radical (unpaired) electrons. The van der Waals surface area contributed by atoms with E-state index in [-0.39, 0.29) is 22.5 Å². The number of hydrogen-bond acceptors (Lipinski definition) is 5. The summed E-state index contributed by atoms with van der Waals surface area (Å²) in [6, 6.07) is 3.51. The van der Waals surface area contributed by atoms with Gasteiger partial charge in [0.15, 0.2) is 39.7 Å². The number of nitro groups is 1. The van der Waals surface area contributed by atoms with E-state index in [1.807, 2.05) is 0 Å². The molecule has 0 bridgehead atoms. The first-order valence-electron chi connectivity index (χ1n) is 7.15. The van der Waals surface area contributed by atoms with Gasteiger partial charge in [-0.1, -0.05) is 0 Å². The fraction of sp³-hybridized carbons (Fsp3) is 0.125. The zero-order chi connectivity index (χ0) is 21.2. The summed E-state index contributed by atoms with van der Waals surface area (Å²) in [6.45, 7) is 0. The summed E-state index contributed by atoms with van der Waals surface area (Å²) < 4.78 is 89.7. The number of ether oxygens (including phenoxy) is 2. The van der Waals surface area contributed by atoms with Gasteiger partial charge < -0.3 is 14.0 Å². The summed E-state index contributed by atoms with van der Waals surface area (Å²) >= 11 is -2.65. The van der Waals surface area contributed by atoms with E-state index in [9.17, 15) is 36.6 Å². The van der Waals surface area contributed by atoms with Gasteiger partial charge in [0.25, 0.3) is 0 Å². The van der Waals surface area contributed by atoms with Crippen LogP contribution in [0.1, 0.15) is 5.56 Å². The number of hydrogen-bond donors (Lipinski definition) is 0. The van der Waals surface area contributed by atoms with Crippen LogP contribution in [0.3, 0.4) is 0 Å². The van der Waals surface area contributed by atoms with Gasteiger partial charge in [-0.3, -0.25) is 10.1 Å². The van der Waals surface area contributed by atoms with E-state index in [4.69, 9.17) is 9.47 Å². The van der Waals surface area contributed by atoms with Crippen LogP contribution < -0.4 is 9.47 Å². The van der Waals surface area contributed by atoms with Crippen molar-refractivity contribution in [2.75, 3.05) is 14.2 Å². The monoisotopic (exact) mass is 423 g/mol. The molecule has 2 aromatic rings. The highest BCUT2D eigenvalue weighted by molar-refractivity contribution is 7.95. The maximum atomic E-state index is 13.8. The lowest BCUT2D eigenvalue weighted by molar-refractivity contribution is -0.410. The van der Waals surface area contributed by atoms with Crippen LogP contribution in [0.4, 0.5) is 22.0 Å². The van der Waals surface area contributed by atoms with Crippen LogP contribution in [0.2, 0.25) is 0 Å². The highest BCUT2D eigenvalue weighted by Gasteiger charge is 2.34. The minimum Gasteiger partial charge on any atom is -0.602 e. The van der Waals surface area contributed by atoms with E-state index >= 15 is 0 Å². The van der Waals surface area contributed by atoms with Crippen molar-refractivity contribution in [2.24, 2.45) is 0 Å². The zero-order valence-electron chi connectivity index (χ0n) is 14.1. The van der Waals surface area contributed by atoms with Gasteiger partial charge in [0.05, 0.1) is 37.0 Å². The molecule has 0 spiro atoms.